The van der Waals surface area contributed by atoms with Gasteiger partial charge < -0.3 is 9.72 Å². The van der Waals surface area contributed by atoms with Gasteiger partial charge in [-0.2, -0.15) is 5.10 Å². The summed E-state index contributed by atoms with van der Waals surface area (Å²) in [5.41, 5.74) is 1.71. The van der Waals surface area contributed by atoms with E-state index in [-0.39, 0.29) is 5.69 Å². The number of nitrogens with zero attached hydrogens (tertiary/aromatic N) is 3. The number of hydrogen-bond acceptors (Lipinski definition) is 3. The molecule has 19 heavy (non-hydrogen) atoms. The zero-order chi connectivity index (χ0) is 13.2. The SMILES string of the molecule is COCCn1ncc2cc(-n3cc[nH]c3=O)ccc21. The van der Waals surface area contributed by atoms with Gasteiger partial charge in [-0.1, -0.05) is 0 Å². The molecule has 0 aliphatic carbocycles. The Labute approximate surface area is 109 Å². The number of methoxy groups -OCH3 is 1. The molecule has 0 aliphatic heterocycles. The number of imidazole rings is 1. The third-order valence-corrected chi connectivity index (χ3v) is 3.06. The van der Waals surface area contributed by atoms with Crippen LogP contribution in [-0.2, 0) is 11.3 Å². The van der Waals surface area contributed by atoms with Gasteiger partial charge in [-0.25, -0.2) is 4.79 Å². The van der Waals surface area contributed by atoms with Crippen LogP contribution in [0, 0.1) is 0 Å². The van der Waals surface area contributed by atoms with E-state index in [0.29, 0.717) is 13.2 Å². The van der Waals surface area contributed by atoms with Crippen molar-refractivity contribution < 1.29 is 4.74 Å². The second kappa shape index (κ2) is 4.74. The van der Waals surface area contributed by atoms with Gasteiger partial charge >= 0.3 is 5.69 Å². The van der Waals surface area contributed by atoms with Crippen LogP contribution in [-0.4, -0.2) is 33.0 Å². The van der Waals surface area contributed by atoms with Crippen LogP contribution in [0.25, 0.3) is 16.6 Å². The molecule has 6 heteroatoms. The summed E-state index contributed by atoms with van der Waals surface area (Å²) in [5.74, 6) is 0. The van der Waals surface area contributed by atoms with Crippen LogP contribution in [0.1, 0.15) is 0 Å². The Bertz CT molecular complexity index is 753. The van der Waals surface area contributed by atoms with E-state index in [0.717, 1.165) is 16.6 Å². The summed E-state index contributed by atoms with van der Waals surface area (Å²) in [6.07, 6.45) is 5.12. The Balaban J connectivity index is 2.03. The molecule has 6 nitrogen and oxygen atoms in total. The Morgan fingerprint density at radius 1 is 1.42 bits per heavy atom. The van der Waals surface area contributed by atoms with E-state index in [9.17, 15) is 4.79 Å². The fourth-order valence-corrected chi connectivity index (χ4v) is 2.10. The molecule has 0 atom stereocenters. The number of H-pyrrole nitrogens is 1. The molecule has 0 spiro atoms. The van der Waals surface area contributed by atoms with E-state index in [4.69, 9.17) is 4.74 Å². The topological polar surface area (TPSA) is 64.8 Å². The standard InChI is InChI=1S/C13H14N4O2/c1-19-7-6-17-12-3-2-11(8-10(12)9-15-17)16-5-4-14-13(16)18/h2-5,8-9H,6-7H2,1H3,(H,14,18). The summed E-state index contributed by atoms with van der Waals surface area (Å²) >= 11 is 0. The Hall–Kier alpha value is -2.34. The van der Waals surface area contributed by atoms with Crippen molar-refractivity contribution in [3.8, 4) is 5.69 Å². The molecule has 98 valence electrons. The number of ether oxygens (including phenoxy) is 1. The maximum atomic E-state index is 11.6. The van der Waals surface area contributed by atoms with Crippen LogP contribution < -0.4 is 5.69 Å². The summed E-state index contributed by atoms with van der Waals surface area (Å²) in [6.45, 7) is 1.33. The molecule has 3 aromatic rings. The molecule has 0 fully saturated rings. The zero-order valence-electron chi connectivity index (χ0n) is 10.5. The number of hydrogen-bond donors (Lipinski definition) is 1. The van der Waals surface area contributed by atoms with Crippen molar-refractivity contribution in [2.75, 3.05) is 13.7 Å². The van der Waals surface area contributed by atoms with E-state index in [1.165, 1.54) is 0 Å². The second-order valence-electron chi connectivity index (χ2n) is 4.24. The van der Waals surface area contributed by atoms with Gasteiger partial charge in [-0.3, -0.25) is 9.25 Å². The summed E-state index contributed by atoms with van der Waals surface area (Å²) in [7, 11) is 1.67. The number of fused-ring (bicyclic) bond motifs is 1. The largest absolute Gasteiger partial charge is 0.383 e. The molecule has 0 saturated heterocycles. The third kappa shape index (κ3) is 2.06. The van der Waals surface area contributed by atoms with Gasteiger partial charge in [0.2, 0.25) is 0 Å². The second-order valence-corrected chi connectivity index (χ2v) is 4.24. The van der Waals surface area contributed by atoms with Crippen LogP contribution in [0.3, 0.4) is 0 Å². The molecule has 2 heterocycles. The Kier molecular flexibility index (Phi) is 2.92. The molecule has 1 N–H and O–H groups in total. The van der Waals surface area contributed by atoms with Crippen molar-refractivity contribution in [1.29, 1.82) is 0 Å². The zero-order valence-corrected chi connectivity index (χ0v) is 10.5. The minimum Gasteiger partial charge on any atom is -0.383 e. The highest BCUT2D eigenvalue weighted by atomic mass is 16.5. The highest BCUT2D eigenvalue weighted by molar-refractivity contribution is 5.80. The molecule has 0 bridgehead atoms. The van der Waals surface area contributed by atoms with E-state index < -0.39 is 0 Å². The minimum absolute atomic E-state index is 0.147. The minimum atomic E-state index is -0.147. The average Bonchev–Trinajstić information content (AvgIpc) is 3.02. The maximum absolute atomic E-state index is 11.6. The maximum Gasteiger partial charge on any atom is 0.330 e. The van der Waals surface area contributed by atoms with Gasteiger partial charge in [0.1, 0.15) is 0 Å². The number of aromatic amines is 1. The van der Waals surface area contributed by atoms with Crippen molar-refractivity contribution in [1.82, 2.24) is 19.3 Å². The Morgan fingerprint density at radius 3 is 3.05 bits per heavy atom. The quantitative estimate of drug-likeness (QED) is 0.763. The van der Waals surface area contributed by atoms with E-state index in [1.54, 1.807) is 30.3 Å². The van der Waals surface area contributed by atoms with Crippen LogP contribution >= 0.6 is 0 Å². The normalized spacial score (nSPS) is 11.2. The van der Waals surface area contributed by atoms with Crippen molar-refractivity contribution >= 4 is 10.9 Å². The predicted octanol–water partition coefficient (Wildman–Crippen LogP) is 1.16. The molecule has 0 unspecified atom stereocenters. The first-order valence-electron chi connectivity index (χ1n) is 6.00. The molecule has 3 rings (SSSR count). The molecule has 2 aromatic heterocycles. The van der Waals surface area contributed by atoms with Crippen molar-refractivity contribution in [2.45, 2.75) is 6.54 Å². The van der Waals surface area contributed by atoms with Gasteiger partial charge in [0.05, 0.1) is 30.6 Å². The third-order valence-electron chi connectivity index (χ3n) is 3.06. The van der Waals surface area contributed by atoms with Crippen LogP contribution in [0.2, 0.25) is 0 Å². The molecular formula is C13H14N4O2. The number of aromatic nitrogens is 4. The lowest BCUT2D eigenvalue weighted by molar-refractivity contribution is 0.185. The van der Waals surface area contributed by atoms with E-state index in [1.807, 2.05) is 22.9 Å². The molecular weight excluding hydrogens is 244 g/mol. The molecule has 1 aromatic carbocycles. The van der Waals surface area contributed by atoms with Crippen molar-refractivity contribution in [3.63, 3.8) is 0 Å². The summed E-state index contributed by atoms with van der Waals surface area (Å²) < 4.78 is 8.50. The Morgan fingerprint density at radius 2 is 2.32 bits per heavy atom. The van der Waals surface area contributed by atoms with Crippen LogP contribution in [0.5, 0.6) is 0 Å². The van der Waals surface area contributed by atoms with Crippen LogP contribution in [0.4, 0.5) is 0 Å². The van der Waals surface area contributed by atoms with Gasteiger partial charge in [0, 0.05) is 24.9 Å². The number of rotatable bonds is 4. The lowest BCUT2D eigenvalue weighted by Crippen LogP contribution is -2.13. The lowest BCUT2D eigenvalue weighted by atomic mass is 10.2. The van der Waals surface area contributed by atoms with Gasteiger partial charge in [-0.05, 0) is 18.2 Å². The fraction of sp³-hybridized carbons (Fsp3) is 0.231. The average molecular weight is 258 g/mol. The summed E-state index contributed by atoms with van der Waals surface area (Å²) in [4.78, 5) is 14.2. The van der Waals surface area contributed by atoms with Crippen molar-refractivity contribution in [3.05, 3.63) is 47.3 Å². The van der Waals surface area contributed by atoms with E-state index in [2.05, 4.69) is 10.1 Å². The van der Waals surface area contributed by atoms with E-state index >= 15 is 0 Å². The van der Waals surface area contributed by atoms with Gasteiger partial charge in [-0.15, -0.1) is 0 Å². The first-order valence-corrected chi connectivity index (χ1v) is 6.00. The van der Waals surface area contributed by atoms with Gasteiger partial charge in [0.15, 0.2) is 0 Å². The first-order chi connectivity index (χ1) is 9.29. The monoisotopic (exact) mass is 258 g/mol. The molecule has 0 amide bonds. The molecule has 0 aliphatic rings. The molecule has 0 saturated carbocycles. The highest BCUT2D eigenvalue weighted by Crippen LogP contribution is 2.17. The first kappa shape index (κ1) is 11.7. The van der Waals surface area contributed by atoms with Gasteiger partial charge in [0.25, 0.3) is 0 Å². The lowest BCUT2D eigenvalue weighted by Gasteiger charge is -2.04. The highest BCUT2D eigenvalue weighted by Gasteiger charge is 2.05. The van der Waals surface area contributed by atoms with Crippen LogP contribution in [0.15, 0.2) is 41.6 Å². The fourth-order valence-electron chi connectivity index (χ4n) is 2.10. The summed E-state index contributed by atoms with van der Waals surface area (Å²) in [5, 5.41) is 5.32. The number of nitrogens with one attached hydrogen (secondary N) is 1. The predicted molar refractivity (Wildman–Crippen MR) is 71.6 cm³/mol. The smallest absolute Gasteiger partial charge is 0.330 e. The number of benzene rings is 1. The summed E-state index contributed by atoms with van der Waals surface area (Å²) in [6, 6.07) is 5.82. The van der Waals surface area contributed by atoms with Crippen molar-refractivity contribution in [2.24, 2.45) is 0 Å². The molecule has 0 radical (unpaired) electrons.